The van der Waals surface area contributed by atoms with Gasteiger partial charge in [0.1, 0.15) is 0 Å². The molecule has 0 aliphatic heterocycles. The predicted molar refractivity (Wildman–Crippen MR) is 124 cm³/mol. The van der Waals surface area contributed by atoms with Crippen LogP contribution >= 0.6 is 0 Å². The van der Waals surface area contributed by atoms with Crippen LogP contribution in [0.1, 0.15) is 112 Å². The Hall–Kier alpha value is -2.28. The molecule has 0 spiro atoms. The van der Waals surface area contributed by atoms with Crippen LogP contribution in [0.5, 0.6) is 0 Å². The Kier molecular flexibility index (Phi) is 18.5. The molecule has 0 amide bonds. The van der Waals surface area contributed by atoms with Gasteiger partial charge < -0.3 is 9.47 Å². The highest BCUT2D eigenvalue weighted by Crippen LogP contribution is 2.14. The largest absolute Gasteiger partial charge is 0.462 e. The van der Waals surface area contributed by atoms with Gasteiger partial charge in [0.05, 0.1) is 24.3 Å². The summed E-state index contributed by atoms with van der Waals surface area (Å²) in [7, 11) is 0. The fourth-order valence-electron chi connectivity index (χ4n) is 3.09. The van der Waals surface area contributed by atoms with Crippen LogP contribution in [-0.4, -0.2) is 25.2 Å². The van der Waals surface area contributed by atoms with Gasteiger partial charge in [0, 0.05) is 0 Å². The fraction of sp³-hybridized carbons (Fsp3) is 0.615. The summed E-state index contributed by atoms with van der Waals surface area (Å²) in [6.07, 6.45) is 21.6. The van der Waals surface area contributed by atoms with E-state index in [1.807, 2.05) is 0 Å². The van der Waals surface area contributed by atoms with Gasteiger partial charge in [-0.05, 0) is 25.0 Å². The number of carbonyl (C=O) groups excluding carboxylic acids is 2. The Morgan fingerprint density at radius 1 is 0.633 bits per heavy atom. The monoisotopic (exact) mass is 416 g/mol. The zero-order valence-corrected chi connectivity index (χ0v) is 19.0. The average Bonchev–Trinajstić information content (AvgIpc) is 2.79. The van der Waals surface area contributed by atoms with Crippen LogP contribution in [-0.2, 0) is 9.47 Å². The first-order chi connectivity index (χ1) is 14.7. The molecule has 0 atom stereocenters. The zero-order valence-electron chi connectivity index (χ0n) is 19.0. The van der Waals surface area contributed by atoms with Gasteiger partial charge in [-0.25, -0.2) is 9.59 Å². The Morgan fingerprint density at radius 2 is 0.967 bits per heavy atom. The number of terminal acetylenes is 1. The number of carbonyl (C=O) groups is 2. The minimum atomic E-state index is -0.444. The molecule has 0 unspecified atom stereocenters. The van der Waals surface area contributed by atoms with Gasteiger partial charge in [-0.15, -0.1) is 12.8 Å². The van der Waals surface area contributed by atoms with Crippen molar-refractivity contribution in [2.24, 2.45) is 0 Å². The van der Waals surface area contributed by atoms with Crippen molar-refractivity contribution in [3.8, 4) is 12.8 Å². The van der Waals surface area contributed by atoms with Crippen LogP contribution in [0.2, 0.25) is 0 Å². The van der Waals surface area contributed by atoms with Crippen LogP contribution in [0.15, 0.2) is 24.3 Å². The second kappa shape index (κ2) is 20.0. The quantitative estimate of drug-likeness (QED) is 0.166. The van der Waals surface area contributed by atoms with Gasteiger partial charge in [-0.1, -0.05) is 90.2 Å². The number of ether oxygens (including phenoxy) is 2. The molecule has 0 saturated carbocycles. The molecule has 1 aromatic carbocycles. The van der Waals surface area contributed by atoms with Crippen molar-refractivity contribution in [1.82, 2.24) is 0 Å². The lowest BCUT2D eigenvalue weighted by molar-refractivity contribution is 0.0450. The first kappa shape index (κ1) is 27.7. The standard InChI is InChI=1S/C24H38O4.C2H2/c1-3-5-7-9-11-15-19-27-23(25)21-17-13-14-18-22(21)24(26)28-20-16-12-10-8-6-4-2;1-2/h13-14,17-18H,3-12,15-16,19-20H2,1-2H3;1-2H. The van der Waals surface area contributed by atoms with E-state index in [0.717, 1.165) is 25.7 Å². The molecule has 1 aromatic rings. The van der Waals surface area contributed by atoms with Crippen LogP contribution in [0.25, 0.3) is 0 Å². The lowest BCUT2D eigenvalue weighted by atomic mass is 10.1. The minimum absolute atomic E-state index is 0.293. The molecule has 168 valence electrons. The molecule has 0 saturated heterocycles. The molecule has 0 aliphatic rings. The van der Waals surface area contributed by atoms with Gasteiger partial charge >= 0.3 is 11.9 Å². The molecule has 0 heterocycles. The topological polar surface area (TPSA) is 52.6 Å². The Bertz CT molecular complexity index is 543. The molecule has 0 radical (unpaired) electrons. The van der Waals surface area contributed by atoms with Gasteiger partial charge in [0.25, 0.3) is 0 Å². The molecule has 0 aliphatic carbocycles. The summed E-state index contributed by atoms with van der Waals surface area (Å²) < 4.78 is 10.7. The van der Waals surface area contributed by atoms with Gasteiger partial charge in [0.2, 0.25) is 0 Å². The summed E-state index contributed by atoms with van der Waals surface area (Å²) >= 11 is 0. The number of rotatable bonds is 16. The highest BCUT2D eigenvalue weighted by Gasteiger charge is 2.18. The van der Waals surface area contributed by atoms with E-state index in [0.29, 0.717) is 24.3 Å². The molecule has 30 heavy (non-hydrogen) atoms. The lowest BCUT2D eigenvalue weighted by Crippen LogP contribution is -2.15. The van der Waals surface area contributed by atoms with E-state index in [1.54, 1.807) is 24.3 Å². The lowest BCUT2D eigenvalue weighted by Gasteiger charge is -2.10. The van der Waals surface area contributed by atoms with Crippen molar-refractivity contribution < 1.29 is 19.1 Å². The normalized spacial score (nSPS) is 10.0. The van der Waals surface area contributed by atoms with E-state index in [4.69, 9.17) is 9.47 Å². The zero-order chi connectivity index (χ0) is 22.5. The van der Waals surface area contributed by atoms with Crippen molar-refractivity contribution in [1.29, 1.82) is 0 Å². The molecule has 4 heteroatoms. The third-order valence-electron chi connectivity index (χ3n) is 4.83. The second-order valence-electron chi connectivity index (χ2n) is 7.35. The van der Waals surface area contributed by atoms with Crippen molar-refractivity contribution in [2.45, 2.75) is 90.9 Å². The maximum Gasteiger partial charge on any atom is 0.339 e. The summed E-state index contributed by atoms with van der Waals surface area (Å²) in [5.74, 6) is -0.888. The van der Waals surface area contributed by atoms with Crippen LogP contribution in [0.4, 0.5) is 0 Å². The molecular formula is C26H40O4. The first-order valence-electron chi connectivity index (χ1n) is 11.5. The smallest absolute Gasteiger partial charge is 0.339 e. The van der Waals surface area contributed by atoms with Crippen molar-refractivity contribution in [3.63, 3.8) is 0 Å². The summed E-state index contributed by atoms with van der Waals surface area (Å²) in [6, 6.07) is 6.74. The van der Waals surface area contributed by atoms with E-state index in [-0.39, 0.29) is 0 Å². The Balaban J connectivity index is 0.00000407. The number of benzene rings is 1. The van der Waals surface area contributed by atoms with Crippen LogP contribution in [0, 0.1) is 12.8 Å². The van der Waals surface area contributed by atoms with E-state index >= 15 is 0 Å². The predicted octanol–water partition coefficient (Wildman–Crippen LogP) is 6.97. The fourth-order valence-corrected chi connectivity index (χ4v) is 3.09. The van der Waals surface area contributed by atoms with Crippen molar-refractivity contribution >= 4 is 11.9 Å². The Labute approximate surface area is 183 Å². The second-order valence-corrected chi connectivity index (χ2v) is 7.35. The first-order valence-corrected chi connectivity index (χ1v) is 11.5. The van der Waals surface area contributed by atoms with E-state index in [1.165, 1.54) is 51.4 Å². The number of hydrogen-bond acceptors (Lipinski definition) is 4. The molecule has 0 fully saturated rings. The van der Waals surface area contributed by atoms with E-state index in [9.17, 15) is 9.59 Å². The number of hydrogen-bond donors (Lipinski definition) is 0. The summed E-state index contributed by atoms with van der Waals surface area (Å²) in [6.45, 7) is 5.17. The van der Waals surface area contributed by atoms with Gasteiger partial charge in [-0.3, -0.25) is 0 Å². The molecule has 1 rings (SSSR count). The van der Waals surface area contributed by atoms with Gasteiger partial charge in [0.15, 0.2) is 0 Å². The maximum atomic E-state index is 12.4. The average molecular weight is 417 g/mol. The summed E-state index contributed by atoms with van der Waals surface area (Å²) in [5.41, 5.74) is 0.586. The third-order valence-corrected chi connectivity index (χ3v) is 4.83. The Morgan fingerprint density at radius 3 is 1.33 bits per heavy atom. The summed E-state index contributed by atoms with van der Waals surface area (Å²) in [4.78, 5) is 24.7. The van der Waals surface area contributed by atoms with Crippen molar-refractivity contribution in [2.75, 3.05) is 13.2 Å². The van der Waals surface area contributed by atoms with Crippen molar-refractivity contribution in [3.05, 3.63) is 35.4 Å². The number of unbranched alkanes of at least 4 members (excludes halogenated alkanes) is 10. The SMILES string of the molecule is C#C.CCCCCCCCOC(=O)c1ccccc1C(=O)OCCCCCCCC. The molecular weight excluding hydrogens is 376 g/mol. The molecule has 0 N–H and O–H groups in total. The highest BCUT2D eigenvalue weighted by atomic mass is 16.5. The van der Waals surface area contributed by atoms with E-state index < -0.39 is 11.9 Å². The van der Waals surface area contributed by atoms with Crippen LogP contribution < -0.4 is 0 Å². The maximum absolute atomic E-state index is 12.4. The minimum Gasteiger partial charge on any atom is -0.462 e. The summed E-state index contributed by atoms with van der Waals surface area (Å²) in [5, 5.41) is 0. The van der Waals surface area contributed by atoms with E-state index in [2.05, 4.69) is 26.7 Å². The molecule has 0 aromatic heterocycles. The molecule has 0 bridgehead atoms. The van der Waals surface area contributed by atoms with Gasteiger partial charge in [-0.2, -0.15) is 0 Å². The third kappa shape index (κ3) is 13.0. The molecule has 4 nitrogen and oxygen atoms in total. The number of esters is 2. The highest BCUT2D eigenvalue weighted by molar-refractivity contribution is 6.03. The van der Waals surface area contributed by atoms with Crippen LogP contribution in [0.3, 0.4) is 0 Å².